The fraction of sp³-hybridized carbons (Fsp3) is 0.300. The van der Waals surface area contributed by atoms with Gasteiger partial charge >= 0.3 is 11.7 Å². The van der Waals surface area contributed by atoms with Crippen molar-refractivity contribution in [3.63, 3.8) is 0 Å². The van der Waals surface area contributed by atoms with Crippen LogP contribution in [-0.2, 0) is 4.74 Å². The summed E-state index contributed by atoms with van der Waals surface area (Å²) in [4.78, 5) is 21.7. The molecule has 7 heteroatoms. The number of esters is 1. The molecular formula is C10H10BrNO5. The van der Waals surface area contributed by atoms with Gasteiger partial charge in [-0.25, -0.2) is 4.79 Å². The third kappa shape index (κ3) is 2.73. The topological polar surface area (TPSA) is 78.7 Å². The maximum atomic E-state index is 11.4. The Hall–Kier alpha value is -1.63. The van der Waals surface area contributed by atoms with E-state index in [2.05, 4.69) is 20.7 Å². The molecular weight excluding hydrogens is 294 g/mol. The van der Waals surface area contributed by atoms with Crippen molar-refractivity contribution in [2.45, 2.75) is 6.92 Å². The minimum absolute atomic E-state index is 0.0281. The number of carbonyl (C=O) groups excluding carboxylic acids is 1. The van der Waals surface area contributed by atoms with Crippen molar-refractivity contribution >= 4 is 27.6 Å². The summed E-state index contributed by atoms with van der Waals surface area (Å²) in [6.07, 6.45) is 0. The van der Waals surface area contributed by atoms with Gasteiger partial charge in [-0.05, 0) is 35.0 Å². The van der Waals surface area contributed by atoms with Gasteiger partial charge in [0.1, 0.15) is 5.56 Å². The zero-order valence-electron chi connectivity index (χ0n) is 9.23. The highest BCUT2D eigenvalue weighted by molar-refractivity contribution is 9.10. The Labute approximate surface area is 106 Å². The summed E-state index contributed by atoms with van der Waals surface area (Å²) in [5, 5.41) is 11.0. The first-order valence-electron chi connectivity index (χ1n) is 4.70. The van der Waals surface area contributed by atoms with Gasteiger partial charge in [-0.3, -0.25) is 10.1 Å². The average molecular weight is 304 g/mol. The Morgan fingerprint density at radius 3 is 2.65 bits per heavy atom. The lowest BCUT2D eigenvalue weighted by molar-refractivity contribution is -0.386. The van der Waals surface area contributed by atoms with Crippen molar-refractivity contribution in [3.8, 4) is 5.75 Å². The molecule has 0 aliphatic heterocycles. The van der Waals surface area contributed by atoms with Crippen LogP contribution in [0.5, 0.6) is 5.75 Å². The lowest BCUT2D eigenvalue weighted by atomic mass is 10.1. The number of hydrogen-bond donors (Lipinski definition) is 0. The Morgan fingerprint density at radius 1 is 1.53 bits per heavy atom. The van der Waals surface area contributed by atoms with Crippen molar-refractivity contribution in [1.29, 1.82) is 0 Å². The van der Waals surface area contributed by atoms with E-state index < -0.39 is 16.6 Å². The molecule has 0 aliphatic rings. The second kappa shape index (κ2) is 5.62. The van der Waals surface area contributed by atoms with E-state index in [-0.39, 0.29) is 17.9 Å². The number of hydrogen-bond acceptors (Lipinski definition) is 5. The van der Waals surface area contributed by atoms with Crippen molar-refractivity contribution in [3.05, 3.63) is 32.3 Å². The van der Waals surface area contributed by atoms with Gasteiger partial charge in [0.15, 0.2) is 0 Å². The molecule has 0 aliphatic carbocycles. The number of halogens is 1. The number of rotatable bonds is 4. The minimum atomic E-state index is -0.773. The molecule has 92 valence electrons. The lowest BCUT2D eigenvalue weighted by Crippen LogP contribution is -2.08. The number of nitro groups is 1. The van der Waals surface area contributed by atoms with E-state index in [0.29, 0.717) is 4.47 Å². The van der Waals surface area contributed by atoms with Crippen LogP contribution in [0.25, 0.3) is 0 Å². The molecule has 0 atom stereocenters. The van der Waals surface area contributed by atoms with E-state index in [1.807, 2.05) is 0 Å². The van der Waals surface area contributed by atoms with Crippen molar-refractivity contribution in [1.82, 2.24) is 0 Å². The number of nitro benzene ring substituents is 1. The van der Waals surface area contributed by atoms with Crippen molar-refractivity contribution in [2.75, 3.05) is 13.7 Å². The van der Waals surface area contributed by atoms with E-state index in [4.69, 9.17) is 4.74 Å². The largest absolute Gasteiger partial charge is 0.486 e. The van der Waals surface area contributed by atoms with Crippen LogP contribution in [0, 0.1) is 10.1 Å². The van der Waals surface area contributed by atoms with E-state index in [0.717, 1.165) is 7.11 Å². The molecule has 1 aromatic rings. The molecule has 0 amide bonds. The Bertz CT molecular complexity index is 460. The molecule has 17 heavy (non-hydrogen) atoms. The van der Waals surface area contributed by atoms with E-state index in [9.17, 15) is 14.9 Å². The van der Waals surface area contributed by atoms with Gasteiger partial charge in [-0.1, -0.05) is 0 Å². The van der Waals surface area contributed by atoms with Crippen LogP contribution in [0.4, 0.5) is 5.69 Å². The van der Waals surface area contributed by atoms with Crippen LogP contribution in [0.1, 0.15) is 17.3 Å². The molecule has 0 aromatic heterocycles. The fourth-order valence-corrected chi connectivity index (χ4v) is 1.72. The van der Waals surface area contributed by atoms with Crippen LogP contribution in [0.15, 0.2) is 16.6 Å². The molecule has 0 saturated carbocycles. The molecule has 0 heterocycles. The van der Waals surface area contributed by atoms with Gasteiger partial charge in [0.25, 0.3) is 0 Å². The zero-order chi connectivity index (χ0) is 13.0. The molecule has 0 spiro atoms. The summed E-state index contributed by atoms with van der Waals surface area (Å²) in [5.74, 6) is -0.745. The summed E-state index contributed by atoms with van der Waals surface area (Å²) < 4.78 is 10.1. The zero-order valence-corrected chi connectivity index (χ0v) is 10.8. The smallest absolute Gasteiger partial charge is 0.345 e. The van der Waals surface area contributed by atoms with Gasteiger partial charge in [-0.15, -0.1) is 0 Å². The summed E-state index contributed by atoms with van der Waals surface area (Å²) in [5.41, 5.74) is -0.530. The predicted molar refractivity (Wildman–Crippen MR) is 63.3 cm³/mol. The first-order chi connectivity index (χ1) is 8.02. The predicted octanol–water partition coefficient (Wildman–Crippen LogP) is 2.54. The van der Waals surface area contributed by atoms with Gasteiger partial charge < -0.3 is 9.47 Å². The number of carbonyl (C=O) groups is 1. The highest BCUT2D eigenvalue weighted by Crippen LogP contribution is 2.38. The molecule has 0 bridgehead atoms. The van der Waals surface area contributed by atoms with Crippen LogP contribution in [-0.4, -0.2) is 24.6 Å². The first-order valence-corrected chi connectivity index (χ1v) is 5.50. The summed E-state index contributed by atoms with van der Waals surface area (Å²) in [6.45, 7) is 1.95. The highest BCUT2D eigenvalue weighted by Gasteiger charge is 2.28. The van der Waals surface area contributed by atoms with E-state index in [1.54, 1.807) is 6.92 Å². The van der Waals surface area contributed by atoms with Gasteiger partial charge in [0.05, 0.1) is 23.1 Å². The van der Waals surface area contributed by atoms with Gasteiger partial charge in [-0.2, -0.15) is 0 Å². The second-order valence-corrected chi connectivity index (χ2v) is 3.81. The molecule has 0 N–H and O–H groups in total. The van der Waals surface area contributed by atoms with Crippen LogP contribution in [0.2, 0.25) is 0 Å². The number of methoxy groups -OCH3 is 1. The molecule has 1 aromatic carbocycles. The standard InChI is InChI=1S/C10H10BrNO5/c1-3-17-9-7(11)5-4-6(10(13)16-2)8(9)12(14)15/h4-5H,3H2,1-2H3. The normalized spacial score (nSPS) is 9.82. The molecule has 1 rings (SSSR count). The fourth-order valence-electron chi connectivity index (χ4n) is 1.28. The number of nitrogens with zero attached hydrogens (tertiary/aromatic N) is 1. The summed E-state index contributed by atoms with van der Waals surface area (Å²) in [6, 6.07) is 2.82. The van der Waals surface area contributed by atoms with E-state index in [1.165, 1.54) is 12.1 Å². The highest BCUT2D eigenvalue weighted by atomic mass is 79.9. The minimum Gasteiger partial charge on any atom is -0.486 e. The van der Waals surface area contributed by atoms with Crippen LogP contribution >= 0.6 is 15.9 Å². The summed E-state index contributed by atoms with van der Waals surface area (Å²) >= 11 is 3.14. The van der Waals surface area contributed by atoms with Crippen molar-refractivity contribution < 1.29 is 19.2 Å². The Morgan fingerprint density at radius 2 is 2.18 bits per heavy atom. The molecule has 0 radical (unpaired) electrons. The van der Waals surface area contributed by atoms with E-state index >= 15 is 0 Å². The SMILES string of the molecule is CCOc1c(Br)ccc(C(=O)OC)c1[N+](=O)[O-]. The third-order valence-corrected chi connectivity index (χ3v) is 2.58. The number of ether oxygens (including phenoxy) is 2. The first kappa shape index (κ1) is 13.4. The average Bonchev–Trinajstić information content (AvgIpc) is 2.30. The third-order valence-electron chi connectivity index (χ3n) is 1.96. The summed E-state index contributed by atoms with van der Waals surface area (Å²) in [7, 11) is 1.16. The second-order valence-electron chi connectivity index (χ2n) is 2.95. The molecule has 0 unspecified atom stereocenters. The maximum absolute atomic E-state index is 11.4. The maximum Gasteiger partial charge on any atom is 0.345 e. The monoisotopic (exact) mass is 303 g/mol. The van der Waals surface area contributed by atoms with Crippen LogP contribution < -0.4 is 4.74 Å². The Balaban J connectivity index is 3.47. The molecule has 0 fully saturated rings. The quantitative estimate of drug-likeness (QED) is 0.485. The Kier molecular flexibility index (Phi) is 4.45. The number of benzene rings is 1. The molecule has 0 saturated heterocycles. The molecule has 6 nitrogen and oxygen atoms in total. The van der Waals surface area contributed by atoms with Gasteiger partial charge in [0.2, 0.25) is 5.75 Å². The van der Waals surface area contributed by atoms with Gasteiger partial charge in [0, 0.05) is 0 Å². The lowest BCUT2D eigenvalue weighted by Gasteiger charge is -2.09. The van der Waals surface area contributed by atoms with Crippen LogP contribution in [0.3, 0.4) is 0 Å². The van der Waals surface area contributed by atoms with Crippen molar-refractivity contribution in [2.24, 2.45) is 0 Å².